The fourth-order valence-corrected chi connectivity index (χ4v) is 4.42. The van der Waals surface area contributed by atoms with Gasteiger partial charge in [-0.05, 0) is 73.2 Å². The zero-order chi connectivity index (χ0) is 24.6. The number of hydrogen-bond acceptors (Lipinski definition) is 4. The number of halogens is 1. The van der Waals surface area contributed by atoms with Gasteiger partial charge in [-0.2, -0.15) is 0 Å². The minimum absolute atomic E-state index is 0.00677. The lowest BCUT2D eigenvalue weighted by molar-refractivity contribution is 0.101. The number of ketones is 1. The molecule has 1 aliphatic rings. The molecule has 0 spiro atoms. The molecule has 1 fully saturated rings. The van der Waals surface area contributed by atoms with E-state index in [0.29, 0.717) is 23.7 Å². The van der Waals surface area contributed by atoms with Gasteiger partial charge in [-0.15, -0.1) is 0 Å². The maximum Gasteiger partial charge on any atom is 0.161 e. The molecule has 1 heterocycles. The lowest BCUT2D eigenvalue weighted by Crippen LogP contribution is -2.32. The molecule has 0 radical (unpaired) electrons. The Morgan fingerprint density at radius 1 is 1.00 bits per heavy atom. The van der Waals surface area contributed by atoms with Crippen molar-refractivity contribution in [3.63, 3.8) is 0 Å². The molecule has 0 amide bonds. The summed E-state index contributed by atoms with van der Waals surface area (Å²) >= 11 is 0. The summed E-state index contributed by atoms with van der Waals surface area (Å²) in [5, 5.41) is 0. The van der Waals surface area contributed by atoms with Crippen LogP contribution in [-0.4, -0.2) is 44.0 Å². The van der Waals surface area contributed by atoms with E-state index < -0.39 is 0 Å². The smallest absolute Gasteiger partial charge is 0.161 e. The Kier molecular flexibility index (Phi) is 8.32. The fraction of sp³-hybridized carbons (Fsp3) is 0.300. The van der Waals surface area contributed by atoms with E-state index in [9.17, 15) is 9.18 Å². The molecule has 0 N–H and O–H groups in total. The summed E-state index contributed by atoms with van der Waals surface area (Å²) in [6.07, 6.45) is 5.30. The average molecular weight is 474 g/mol. The van der Waals surface area contributed by atoms with Crippen molar-refractivity contribution in [2.75, 3.05) is 33.4 Å². The van der Waals surface area contributed by atoms with Crippen LogP contribution in [0.2, 0.25) is 0 Å². The maximum absolute atomic E-state index is 13.3. The molecule has 4 rings (SSSR count). The molecule has 0 saturated carbocycles. The Bertz CT molecular complexity index is 1180. The number of rotatable bonds is 9. The molecular weight excluding hydrogens is 441 g/mol. The number of Topliss-reactive ketones (excluding diaryl/α,β-unsaturated/α-hetero) is 1. The fourth-order valence-electron chi connectivity index (χ4n) is 4.42. The highest BCUT2D eigenvalue weighted by Crippen LogP contribution is 2.29. The maximum atomic E-state index is 13.3. The van der Waals surface area contributed by atoms with Crippen LogP contribution in [0.15, 0.2) is 72.3 Å². The zero-order valence-electron chi connectivity index (χ0n) is 20.4. The Morgan fingerprint density at radius 2 is 1.74 bits per heavy atom. The molecule has 182 valence electrons. The first-order chi connectivity index (χ1) is 17.0. The summed E-state index contributed by atoms with van der Waals surface area (Å²) in [7, 11) is 1.59. The zero-order valence-corrected chi connectivity index (χ0v) is 20.4. The third kappa shape index (κ3) is 6.58. The normalized spacial score (nSPS) is 14.0. The minimum Gasteiger partial charge on any atom is -0.493 e. The largest absolute Gasteiger partial charge is 0.493 e. The van der Waals surface area contributed by atoms with Crippen molar-refractivity contribution in [3.05, 3.63) is 89.2 Å². The van der Waals surface area contributed by atoms with E-state index in [-0.39, 0.29) is 11.6 Å². The number of likely N-dealkylation sites (tertiary alicyclic amines) is 1. The number of hydrogen-bond donors (Lipinski definition) is 0. The van der Waals surface area contributed by atoms with Crippen LogP contribution in [0.4, 0.5) is 4.39 Å². The number of methoxy groups -OCH3 is 1. The van der Waals surface area contributed by atoms with Crippen molar-refractivity contribution in [1.29, 1.82) is 0 Å². The molecule has 4 nitrogen and oxygen atoms in total. The van der Waals surface area contributed by atoms with Crippen LogP contribution in [0.3, 0.4) is 0 Å². The van der Waals surface area contributed by atoms with Crippen LogP contribution < -0.4 is 9.47 Å². The molecule has 5 heteroatoms. The average Bonchev–Trinajstić information content (AvgIpc) is 2.88. The van der Waals surface area contributed by atoms with E-state index in [1.807, 2.05) is 18.2 Å². The second-order valence-corrected chi connectivity index (χ2v) is 8.86. The number of carbonyl (C=O) groups excluding carboxylic acids is 1. The Hall–Kier alpha value is -3.44. The van der Waals surface area contributed by atoms with Gasteiger partial charge < -0.3 is 14.4 Å². The molecular formula is C30H32FNO3. The summed E-state index contributed by atoms with van der Waals surface area (Å²) in [5.74, 6) is 1.05. The topological polar surface area (TPSA) is 38.8 Å². The van der Waals surface area contributed by atoms with E-state index in [1.165, 1.54) is 23.3 Å². The van der Waals surface area contributed by atoms with Gasteiger partial charge in [0, 0.05) is 25.2 Å². The number of piperidine rings is 1. The standard InChI is InChI=1S/C30H32FNO3/c1-22(33)25-10-13-29(30(21-25)34-2)35-19-5-16-32-17-14-23(15-18-32)20-26-6-3-4-7-28(26)24-8-11-27(31)12-9-24/h3-4,6-13,20-21H,5,14-19H2,1-2H3. The third-order valence-corrected chi connectivity index (χ3v) is 6.42. The summed E-state index contributed by atoms with van der Waals surface area (Å²) in [6, 6.07) is 20.3. The van der Waals surface area contributed by atoms with Crippen LogP contribution in [0.1, 0.15) is 42.1 Å². The first-order valence-electron chi connectivity index (χ1n) is 12.1. The molecule has 3 aromatic rings. The molecule has 35 heavy (non-hydrogen) atoms. The van der Waals surface area contributed by atoms with Crippen molar-refractivity contribution in [3.8, 4) is 22.6 Å². The molecule has 0 atom stereocenters. The highest BCUT2D eigenvalue weighted by atomic mass is 19.1. The van der Waals surface area contributed by atoms with Crippen molar-refractivity contribution < 1.29 is 18.7 Å². The van der Waals surface area contributed by atoms with Crippen molar-refractivity contribution >= 4 is 11.9 Å². The summed E-state index contributed by atoms with van der Waals surface area (Å²) in [5.41, 5.74) is 5.41. The van der Waals surface area contributed by atoms with Gasteiger partial charge in [0.15, 0.2) is 17.3 Å². The van der Waals surface area contributed by atoms with Crippen LogP contribution in [0.5, 0.6) is 11.5 Å². The van der Waals surface area contributed by atoms with E-state index in [4.69, 9.17) is 9.47 Å². The SMILES string of the molecule is COc1cc(C(C)=O)ccc1OCCCN1CCC(=Cc2ccccc2-c2ccc(F)cc2)CC1. The monoisotopic (exact) mass is 473 g/mol. The van der Waals surface area contributed by atoms with Gasteiger partial charge >= 0.3 is 0 Å². The molecule has 0 aromatic heterocycles. The van der Waals surface area contributed by atoms with Gasteiger partial charge in [-0.25, -0.2) is 4.39 Å². The molecule has 0 unspecified atom stereocenters. The van der Waals surface area contributed by atoms with Crippen LogP contribution in [0.25, 0.3) is 17.2 Å². The quantitative estimate of drug-likeness (QED) is 0.258. The van der Waals surface area contributed by atoms with E-state index in [2.05, 4.69) is 29.2 Å². The van der Waals surface area contributed by atoms with Crippen molar-refractivity contribution in [2.24, 2.45) is 0 Å². The Labute approximate surface area is 207 Å². The van der Waals surface area contributed by atoms with Crippen LogP contribution in [-0.2, 0) is 0 Å². The molecule has 1 saturated heterocycles. The van der Waals surface area contributed by atoms with Gasteiger partial charge in [0.2, 0.25) is 0 Å². The summed E-state index contributed by atoms with van der Waals surface area (Å²) in [4.78, 5) is 14.0. The highest BCUT2D eigenvalue weighted by molar-refractivity contribution is 5.94. The Morgan fingerprint density at radius 3 is 2.46 bits per heavy atom. The lowest BCUT2D eigenvalue weighted by Gasteiger charge is -2.28. The third-order valence-electron chi connectivity index (χ3n) is 6.42. The van der Waals surface area contributed by atoms with Gasteiger partial charge in [-0.3, -0.25) is 4.79 Å². The second-order valence-electron chi connectivity index (χ2n) is 8.86. The minimum atomic E-state index is -0.215. The molecule has 1 aliphatic heterocycles. The first kappa shape index (κ1) is 24.7. The second kappa shape index (κ2) is 11.8. The van der Waals surface area contributed by atoms with Crippen LogP contribution in [0, 0.1) is 5.82 Å². The van der Waals surface area contributed by atoms with E-state index in [0.717, 1.165) is 50.0 Å². The predicted octanol–water partition coefficient (Wildman–Crippen LogP) is 6.65. The number of nitrogens with zero attached hydrogens (tertiary/aromatic N) is 1. The Balaban J connectivity index is 1.27. The first-order valence-corrected chi connectivity index (χ1v) is 12.1. The predicted molar refractivity (Wildman–Crippen MR) is 139 cm³/mol. The van der Waals surface area contributed by atoms with Gasteiger partial charge in [-0.1, -0.05) is 48.0 Å². The van der Waals surface area contributed by atoms with E-state index in [1.54, 1.807) is 32.2 Å². The summed E-state index contributed by atoms with van der Waals surface area (Å²) < 4.78 is 24.6. The van der Waals surface area contributed by atoms with Crippen molar-refractivity contribution in [2.45, 2.75) is 26.2 Å². The van der Waals surface area contributed by atoms with Crippen LogP contribution >= 0.6 is 0 Å². The number of benzene rings is 3. The highest BCUT2D eigenvalue weighted by Gasteiger charge is 2.15. The lowest BCUT2D eigenvalue weighted by atomic mass is 9.95. The number of ether oxygens (including phenoxy) is 2. The van der Waals surface area contributed by atoms with Gasteiger partial charge in [0.25, 0.3) is 0 Å². The van der Waals surface area contributed by atoms with Gasteiger partial charge in [0.1, 0.15) is 5.82 Å². The van der Waals surface area contributed by atoms with Gasteiger partial charge in [0.05, 0.1) is 13.7 Å². The van der Waals surface area contributed by atoms with Crippen molar-refractivity contribution in [1.82, 2.24) is 4.90 Å². The van der Waals surface area contributed by atoms with E-state index >= 15 is 0 Å². The summed E-state index contributed by atoms with van der Waals surface area (Å²) in [6.45, 7) is 5.18. The molecule has 3 aromatic carbocycles. The molecule has 0 bridgehead atoms. The number of carbonyl (C=O) groups is 1. The molecule has 0 aliphatic carbocycles.